The van der Waals surface area contributed by atoms with Gasteiger partial charge >= 0.3 is 0 Å². The first-order valence-corrected chi connectivity index (χ1v) is 7.70. The van der Waals surface area contributed by atoms with Crippen LogP contribution in [0, 0.1) is 5.92 Å². The van der Waals surface area contributed by atoms with Crippen LogP contribution in [-0.4, -0.2) is 34.7 Å². The van der Waals surface area contributed by atoms with E-state index in [9.17, 15) is 5.11 Å². The molecule has 0 saturated carbocycles. The van der Waals surface area contributed by atoms with E-state index < -0.39 is 0 Å². The Balaban J connectivity index is 2.13. The predicted octanol–water partition coefficient (Wildman–Crippen LogP) is 2.99. The van der Waals surface area contributed by atoms with Crippen molar-refractivity contribution in [3.8, 4) is 5.75 Å². The fraction of sp³-hybridized carbons (Fsp3) is 0.647. The third kappa shape index (κ3) is 3.53. The van der Waals surface area contributed by atoms with Gasteiger partial charge in [0.1, 0.15) is 5.75 Å². The second-order valence-corrected chi connectivity index (χ2v) is 6.68. The first kappa shape index (κ1) is 15.3. The summed E-state index contributed by atoms with van der Waals surface area (Å²) in [6.07, 6.45) is 1.14. The molecule has 0 radical (unpaired) electrons. The summed E-state index contributed by atoms with van der Waals surface area (Å²) in [5.74, 6) is 0.980. The van der Waals surface area contributed by atoms with Crippen LogP contribution in [0.1, 0.15) is 39.7 Å². The minimum absolute atomic E-state index is 0.211. The number of rotatable bonds is 4. The standard InChI is InChI=1S/C17H28N2O/c1-5-17(4)12-19(16(10-18-17)13(2)3)11-14-6-8-15(20)9-7-14/h6-9,13,16,18,20H,5,10-12H2,1-4H3. The molecule has 0 aliphatic carbocycles. The van der Waals surface area contributed by atoms with Crippen LogP contribution in [0.4, 0.5) is 0 Å². The van der Waals surface area contributed by atoms with Crippen molar-refractivity contribution < 1.29 is 5.11 Å². The van der Waals surface area contributed by atoms with Crippen LogP contribution < -0.4 is 5.32 Å². The molecule has 0 aromatic heterocycles. The van der Waals surface area contributed by atoms with Gasteiger partial charge in [0.2, 0.25) is 0 Å². The first-order valence-electron chi connectivity index (χ1n) is 7.70. The zero-order valence-electron chi connectivity index (χ0n) is 13.2. The normalized spacial score (nSPS) is 27.9. The molecule has 112 valence electrons. The lowest BCUT2D eigenvalue weighted by Gasteiger charge is -2.47. The van der Waals surface area contributed by atoms with E-state index in [0.717, 1.165) is 26.1 Å². The minimum atomic E-state index is 0.211. The van der Waals surface area contributed by atoms with E-state index >= 15 is 0 Å². The van der Waals surface area contributed by atoms with Gasteiger partial charge in [-0.2, -0.15) is 0 Å². The number of benzene rings is 1. The third-order valence-electron chi connectivity index (χ3n) is 4.63. The van der Waals surface area contributed by atoms with Crippen LogP contribution in [0.2, 0.25) is 0 Å². The van der Waals surface area contributed by atoms with Crippen molar-refractivity contribution >= 4 is 0 Å². The molecule has 3 nitrogen and oxygen atoms in total. The Kier molecular flexibility index (Phi) is 4.71. The highest BCUT2D eigenvalue weighted by Crippen LogP contribution is 2.25. The monoisotopic (exact) mass is 276 g/mol. The molecule has 0 bridgehead atoms. The number of piperazine rings is 1. The van der Waals surface area contributed by atoms with Crippen LogP contribution in [0.15, 0.2) is 24.3 Å². The van der Waals surface area contributed by atoms with Crippen molar-refractivity contribution in [3.05, 3.63) is 29.8 Å². The molecule has 1 aliphatic rings. The van der Waals surface area contributed by atoms with Gasteiger partial charge in [0.15, 0.2) is 0 Å². The van der Waals surface area contributed by atoms with Crippen LogP contribution >= 0.6 is 0 Å². The van der Waals surface area contributed by atoms with Gasteiger partial charge in [0.25, 0.3) is 0 Å². The number of hydrogen-bond donors (Lipinski definition) is 2. The summed E-state index contributed by atoms with van der Waals surface area (Å²) >= 11 is 0. The van der Waals surface area contributed by atoms with Crippen LogP contribution in [0.25, 0.3) is 0 Å². The molecule has 2 N–H and O–H groups in total. The number of nitrogens with one attached hydrogen (secondary N) is 1. The summed E-state index contributed by atoms with van der Waals surface area (Å²) in [7, 11) is 0. The van der Waals surface area contributed by atoms with E-state index in [1.807, 2.05) is 12.1 Å². The smallest absolute Gasteiger partial charge is 0.115 e. The fourth-order valence-electron chi connectivity index (χ4n) is 3.00. The summed E-state index contributed by atoms with van der Waals surface area (Å²) in [6, 6.07) is 8.18. The zero-order chi connectivity index (χ0) is 14.8. The van der Waals surface area contributed by atoms with Gasteiger partial charge in [0.05, 0.1) is 0 Å². The topological polar surface area (TPSA) is 35.5 Å². The lowest BCUT2D eigenvalue weighted by atomic mass is 9.89. The number of aromatic hydroxyl groups is 1. The first-order chi connectivity index (χ1) is 9.43. The van der Waals surface area contributed by atoms with Gasteiger partial charge in [-0.25, -0.2) is 0 Å². The Morgan fingerprint density at radius 3 is 2.55 bits per heavy atom. The Morgan fingerprint density at radius 2 is 2.00 bits per heavy atom. The second kappa shape index (κ2) is 6.15. The molecule has 0 spiro atoms. The number of nitrogens with zero attached hydrogens (tertiary/aromatic N) is 1. The summed E-state index contributed by atoms with van der Waals surface area (Å²) < 4.78 is 0. The van der Waals surface area contributed by atoms with E-state index in [1.54, 1.807) is 12.1 Å². The van der Waals surface area contributed by atoms with Gasteiger partial charge in [-0.1, -0.05) is 32.9 Å². The Bertz CT molecular complexity index is 429. The van der Waals surface area contributed by atoms with Crippen molar-refractivity contribution in [1.82, 2.24) is 10.2 Å². The molecule has 0 amide bonds. The van der Waals surface area contributed by atoms with Gasteiger partial charge < -0.3 is 10.4 Å². The fourth-order valence-corrected chi connectivity index (χ4v) is 3.00. The highest BCUT2D eigenvalue weighted by molar-refractivity contribution is 5.26. The lowest BCUT2D eigenvalue weighted by molar-refractivity contribution is 0.0539. The summed E-state index contributed by atoms with van der Waals surface area (Å²) in [5, 5.41) is 13.1. The second-order valence-electron chi connectivity index (χ2n) is 6.68. The molecule has 1 aliphatic heterocycles. The van der Waals surface area contributed by atoms with Crippen LogP contribution in [0.3, 0.4) is 0 Å². The van der Waals surface area contributed by atoms with Gasteiger partial charge in [-0.3, -0.25) is 4.90 Å². The third-order valence-corrected chi connectivity index (χ3v) is 4.63. The minimum Gasteiger partial charge on any atom is -0.508 e. The molecule has 1 fully saturated rings. The molecule has 1 aromatic carbocycles. The summed E-state index contributed by atoms with van der Waals surface area (Å²) in [6.45, 7) is 12.2. The molecule has 2 rings (SSSR count). The summed E-state index contributed by atoms with van der Waals surface area (Å²) in [4.78, 5) is 2.59. The maximum Gasteiger partial charge on any atom is 0.115 e. The van der Waals surface area contributed by atoms with Gasteiger partial charge in [-0.05, 0) is 37.0 Å². The number of phenolic OH excluding ortho intramolecular Hbond substituents is 1. The molecule has 1 saturated heterocycles. The van der Waals surface area contributed by atoms with E-state index in [-0.39, 0.29) is 5.54 Å². The van der Waals surface area contributed by atoms with Crippen molar-refractivity contribution in [2.75, 3.05) is 13.1 Å². The zero-order valence-corrected chi connectivity index (χ0v) is 13.2. The molecular formula is C17H28N2O. The molecule has 3 heteroatoms. The Morgan fingerprint density at radius 1 is 1.35 bits per heavy atom. The maximum absolute atomic E-state index is 9.40. The van der Waals surface area contributed by atoms with Crippen molar-refractivity contribution in [2.24, 2.45) is 5.92 Å². The SMILES string of the molecule is CCC1(C)CN(Cc2ccc(O)cc2)C(C(C)C)CN1. The van der Waals surface area contributed by atoms with E-state index in [4.69, 9.17) is 0 Å². The summed E-state index contributed by atoms with van der Waals surface area (Å²) in [5.41, 5.74) is 1.48. The van der Waals surface area contributed by atoms with Gasteiger partial charge in [0, 0.05) is 31.2 Å². The largest absolute Gasteiger partial charge is 0.508 e. The molecule has 1 aromatic rings. The van der Waals surface area contributed by atoms with Crippen molar-refractivity contribution in [1.29, 1.82) is 0 Å². The quantitative estimate of drug-likeness (QED) is 0.887. The van der Waals surface area contributed by atoms with Crippen molar-refractivity contribution in [2.45, 2.75) is 52.2 Å². The maximum atomic E-state index is 9.40. The molecule has 20 heavy (non-hydrogen) atoms. The van der Waals surface area contributed by atoms with E-state index in [1.165, 1.54) is 5.56 Å². The average Bonchev–Trinajstić information content (AvgIpc) is 2.41. The highest BCUT2D eigenvalue weighted by Gasteiger charge is 2.35. The van der Waals surface area contributed by atoms with Gasteiger partial charge in [-0.15, -0.1) is 0 Å². The molecular weight excluding hydrogens is 248 g/mol. The van der Waals surface area contributed by atoms with Crippen LogP contribution in [-0.2, 0) is 6.54 Å². The predicted molar refractivity (Wildman–Crippen MR) is 83.8 cm³/mol. The van der Waals surface area contributed by atoms with E-state index in [2.05, 4.69) is 37.9 Å². The van der Waals surface area contributed by atoms with E-state index in [0.29, 0.717) is 17.7 Å². The number of phenols is 1. The molecule has 2 unspecified atom stereocenters. The average molecular weight is 276 g/mol. The van der Waals surface area contributed by atoms with Crippen LogP contribution in [0.5, 0.6) is 5.75 Å². The Hall–Kier alpha value is -1.06. The Labute approximate surface area is 123 Å². The lowest BCUT2D eigenvalue weighted by Crippen LogP contribution is -2.63. The van der Waals surface area contributed by atoms with Crippen molar-refractivity contribution in [3.63, 3.8) is 0 Å². The molecule has 2 atom stereocenters. The number of hydrogen-bond acceptors (Lipinski definition) is 3. The highest BCUT2D eigenvalue weighted by atomic mass is 16.3. The molecule has 1 heterocycles.